The zero-order chi connectivity index (χ0) is 13.8. The maximum absolute atomic E-state index is 12.1. The molecule has 1 saturated heterocycles. The molecule has 0 aromatic carbocycles. The summed E-state index contributed by atoms with van der Waals surface area (Å²) >= 11 is 0. The second-order valence-corrected chi connectivity index (χ2v) is 5.52. The van der Waals surface area contributed by atoms with Crippen LogP contribution in [0.3, 0.4) is 0 Å². The smallest absolute Gasteiger partial charge is 0.317 e. The van der Waals surface area contributed by atoms with Gasteiger partial charge in [0.25, 0.3) is 0 Å². The van der Waals surface area contributed by atoms with Crippen LogP contribution in [-0.2, 0) is 4.79 Å². The van der Waals surface area contributed by atoms with Gasteiger partial charge in [-0.3, -0.25) is 4.79 Å². The van der Waals surface area contributed by atoms with Crippen molar-refractivity contribution in [2.45, 2.75) is 50.6 Å². The van der Waals surface area contributed by atoms with E-state index in [0.29, 0.717) is 19.4 Å². The summed E-state index contributed by atoms with van der Waals surface area (Å²) in [4.78, 5) is 24.8. The van der Waals surface area contributed by atoms with Crippen LogP contribution in [0.25, 0.3) is 0 Å². The minimum absolute atomic E-state index is 0.00413. The van der Waals surface area contributed by atoms with Crippen LogP contribution in [-0.4, -0.2) is 52.3 Å². The molecular formula is C13H22N2O4. The van der Waals surface area contributed by atoms with Gasteiger partial charge in [0.15, 0.2) is 0 Å². The topological polar surface area (TPSA) is 89.9 Å². The van der Waals surface area contributed by atoms with Crippen LogP contribution in [0.4, 0.5) is 4.79 Å². The van der Waals surface area contributed by atoms with E-state index in [-0.39, 0.29) is 30.6 Å². The van der Waals surface area contributed by atoms with Crippen LogP contribution in [0.1, 0.15) is 38.5 Å². The zero-order valence-electron chi connectivity index (χ0n) is 11.0. The molecular weight excluding hydrogens is 248 g/mol. The van der Waals surface area contributed by atoms with E-state index in [9.17, 15) is 14.7 Å². The highest BCUT2D eigenvalue weighted by Gasteiger charge is 2.32. The fourth-order valence-corrected chi connectivity index (χ4v) is 3.10. The van der Waals surface area contributed by atoms with Crippen LogP contribution < -0.4 is 5.32 Å². The number of nitrogens with zero attached hydrogens (tertiary/aromatic N) is 1. The van der Waals surface area contributed by atoms with E-state index in [1.165, 1.54) is 0 Å². The third-order valence-electron chi connectivity index (χ3n) is 4.20. The van der Waals surface area contributed by atoms with Gasteiger partial charge in [-0.1, -0.05) is 6.42 Å². The van der Waals surface area contributed by atoms with Gasteiger partial charge in [0, 0.05) is 12.6 Å². The first-order chi connectivity index (χ1) is 9.11. The number of hydrogen-bond donors (Lipinski definition) is 3. The SMILES string of the molecule is O=C(O)C1CCCC(NC(=O)N2CCCC2CO)C1. The summed E-state index contributed by atoms with van der Waals surface area (Å²) < 4.78 is 0. The number of hydrogen-bond acceptors (Lipinski definition) is 3. The minimum atomic E-state index is -0.770. The van der Waals surface area contributed by atoms with E-state index in [1.807, 2.05) is 0 Å². The molecule has 1 aliphatic heterocycles. The van der Waals surface area contributed by atoms with E-state index in [2.05, 4.69) is 5.32 Å². The Kier molecular flexibility index (Phi) is 4.63. The molecule has 3 atom stereocenters. The Hall–Kier alpha value is -1.30. The van der Waals surface area contributed by atoms with Gasteiger partial charge in [-0.25, -0.2) is 4.79 Å². The van der Waals surface area contributed by atoms with Crippen molar-refractivity contribution in [3.8, 4) is 0 Å². The molecule has 108 valence electrons. The fourth-order valence-electron chi connectivity index (χ4n) is 3.10. The average Bonchev–Trinajstić information content (AvgIpc) is 2.87. The second-order valence-electron chi connectivity index (χ2n) is 5.52. The normalized spacial score (nSPS) is 31.2. The molecule has 1 saturated carbocycles. The lowest BCUT2D eigenvalue weighted by Gasteiger charge is -2.30. The molecule has 0 bridgehead atoms. The Morgan fingerprint density at radius 1 is 1.21 bits per heavy atom. The van der Waals surface area contributed by atoms with Crippen molar-refractivity contribution in [2.24, 2.45) is 5.92 Å². The Labute approximate surface area is 112 Å². The molecule has 1 heterocycles. The van der Waals surface area contributed by atoms with Gasteiger partial charge in [0.05, 0.1) is 18.6 Å². The molecule has 6 nitrogen and oxygen atoms in total. The maximum Gasteiger partial charge on any atom is 0.317 e. The molecule has 2 amide bonds. The largest absolute Gasteiger partial charge is 0.481 e. The predicted molar refractivity (Wildman–Crippen MR) is 68.7 cm³/mol. The molecule has 6 heteroatoms. The second kappa shape index (κ2) is 6.23. The number of aliphatic carboxylic acids is 1. The zero-order valence-corrected chi connectivity index (χ0v) is 11.0. The van der Waals surface area contributed by atoms with Crippen LogP contribution in [0.5, 0.6) is 0 Å². The van der Waals surface area contributed by atoms with Crippen LogP contribution in [0.2, 0.25) is 0 Å². The molecule has 2 fully saturated rings. The summed E-state index contributed by atoms with van der Waals surface area (Å²) in [5.41, 5.74) is 0. The first kappa shape index (κ1) is 14.1. The first-order valence-corrected chi connectivity index (χ1v) is 7.02. The molecule has 0 spiro atoms. The summed E-state index contributed by atoms with van der Waals surface area (Å²) in [6, 6.07) is -0.297. The van der Waals surface area contributed by atoms with Crippen molar-refractivity contribution in [1.82, 2.24) is 10.2 Å². The molecule has 3 N–H and O–H groups in total. The summed E-state index contributed by atoms with van der Waals surface area (Å²) in [5.74, 6) is -1.11. The van der Waals surface area contributed by atoms with Gasteiger partial charge < -0.3 is 20.4 Å². The summed E-state index contributed by atoms with van der Waals surface area (Å²) in [7, 11) is 0. The Bertz CT molecular complexity index is 348. The number of carbonyl (C=O) groups excluding carboxylic acids is 1. The van der Waals surface area contributed by atoms with Gasteiger partial charge in [0.2, 0.25) is 0 Å². The van der Waals surface area contributed by atoms with Crippen molar-refractivity contribution in [3.05, 3.63) is 0 Å². The fraction of sp³-hybridized carbons (Fsp3) is 0.846. The third kappa shape index (κ3) is 3.37. The van der Waals surface area contributed by atoms with Crippen molar-refractivity contribution in [2.75, 3.05) is 13.2 Å². The summed E-state index contributed by atoms with van der Waals surface area (Å²) in [5, 5.41) is 21.2. The highest BCUT2D eigenvalue weighted by Crippen LogP contribution is 2.25. The summed E-state index contributed by atoms with van der Waals surface area (Å²) in [6.07, 6.45) is 4.65. The maximum atomic E-state index is 12.1. The van der Waals surface area contributed by atoms with Crippen LogP contribution >= 0.6 is 0 Å². The highest BCUT2D eigenvalue weighted by atomic mass is 16.4. The average molecular weight is 270 g/mol. The van der Waals surface area contributed by atoms with E-state index < -0.39 is 5.97 Å². The van der Waals surface area contributed by atoms with Gasteiger partial charge in [0.1, 0.15) is 0 Å². The van der Waals surface area contributed by atoms with E-state index in [0.717, 1.165) is 25.7 Å². The number of carboxylic acids is 1. The van der Waals surface area contributed by atoms with Crippen LogP contribution in [0, 0.1) is 5.92 Å². The Balaban J connectivity index is 1.86. The lowest BCUT2D eigenvalue weighted by Crippen LogP contribution is -2.49. The molecule has 0 aromatic heterocycles. The van der Waals surface area contributed by atoms with Gasteiger partial charge in [-0.2, -0.15) is 0 Å². The van der Waals surface area contributed by atoms with E-state index in [1.54, 1.807) is 4.90 Å². The van der Waals surface area contributed by atoms with Crippen molar-refractivity contribution >= 4 is 12.0 Å². The quantitative estimate of drug-likeness (QED) is 0.707. The number of carbonyl (C=O) groups is 2. The minimum Gasteiger partial charge on any atom is -0.481 e. The number of amides is 2. The number of nitrogens with one attached hydrogen (secondary N) is 1. The van der Waals surface area contributed by atoms with Gasteiger partial charge >= 0.3 is 12.0 Å². The van der Waals surface area contributed by atoms with E-state index in [4.69, 9.17) is 5.11 Å². The Morgan fingerprint density at radius 2 is 2.00 bits per heavy atom. The van der Waals surface area contributed by atoms with Gasteiger partial charge in [-0.15, -0.1) is 0 Å². The van der Waals surface area contributed by atoms with Gasteiger partial charge in [-0.05, 0) is 32.1 Å². The Morgan fingerprint density at radius 3 is 2.68 bits per heavy atom. The molecule has 1 aliphatic carbocycles. The number of likely N-dealkylation sites (tertiary alicyclic amines) is 1. The molecule has 2 aliphatic rings. The lowest BCUT2D eigenvalue weighted by molar-refractivity contribution is -0.143. The monoisotopic (exact) mass is 270 g/mol. The molecule has 0 radical (unpaired) electrons. The predicted octanol–water partition coefficient (Wildman–Crippen LogP) is 0.796. The lowest BCUT2D eigenvalue weighted by atomic mass is 9.86. The van der Waals surface area contributed by atoms with Crippen molar-refractivity contribution in [1.29, 1.82) is 0 Å². The number of rotatable bonds is 3. The first-order valence-electron chi connectivity index (χ1n) is 7.02. The molecule has 19 heavy (non-hydrogen) atoms. The van der Waals surface area contributed by atoms with Crippen molar-refractivity contribution in [3.63, 3.8) is 0 Å². The third-order valence-corrected chi connectivity index (χ3v) is 4.20. The van der Waals surface area contributed by atoms with E-state index >= 15 is 0 Å². The molecule has 2 rings (SSSR count). The standard InChI is InChI=1S/C13H22N2O4/c16-8-11-5-2-6-15(11)13(19)14-10-4-1-3-9(7-10)12(17)18/h9-11,16H,1-8H2,(H,14,19)(H,17,18). The number of aliphatic hydroxyl groups excluding tert-OH is 1. The number of aliphatic hydroxyl groups is 1. The van der Waals surface area contributed by atoms with Crippen LogP contribution in [0.15, 0.2) is 0 Å². The summed E-state index contributed by atoms with van der Waals surface area (Å²) in [6.45, 7) is 0.669. The number of carboxylic acid groups (broad SMARTS) is 1. The molecule has 0 aromatic rings. The van der Waals surface area contributed by atoms with Crippen molar-refractivity contribution < 1.29 is 19.8 Å². The molecule has 3 unspecified atom stereocenters. The number of urea groups is 1. The highest BCUT2D eigenvalue weighted by molar-refractivity contribution is 5.75.